The predicted molar refractivity (Wildman–Crippen MR) is 124 cm³/mol. The standard InChI is InChI=1S/C25H37N5O/c1-27-16-11-23(12-17-27)28(2)25(31)10-9-21-7-4-14-29(19-21)20-22-6-3-8-24(18-22)30-15-5-13-26-30/h3,5-6,8,13,15,18,21,23H,4,7,9-12,14,16-17,19-20H2,1-2H3/t21-/m1/s1. The van der Waals surface area contributed by atoms with E-state index in [0.717, 1.165) is 57.7 Å². The fourth-order valence-electron chi connectivity index (χ4n) is 5.10. The third-order valence-corrected chi connectivity index (χ3v) is 7.08. The number of hydrogen-bond donors (Lipinski definition) is 0. The largest absolute Gasteiger partial charge is 0.343 e. The van der Waals surface area contributed by atoms with Crippen LogP contribution in [0.15, 0.2) is 42.7 Å². The van der Waals surface area contributed by atoms with Gasteiger partial charge in [-0.3, -0.25) is 9.69 Å². The zero-order valence-electron chi connectivity index (χ0n) is 19.1. The zero-order chi connectivity index (χ0) is 21.6. The van der Waals surface area contributed by atoms with E-state index < -0.39 is 0 Å². The summed E-state index contributed by atoms with van der Waals surface area (Å²) >= 11 is 0. The van der Waals surface area contributed by atoms with Crippen LogP contribution in [0.25, 0.3) is 5.69 Å². The Morgan fingerprint density at radius 1 is 1.16 bits per heavy atom. The minimum Gasteiger partial charge on any atom is -0.343 e. The maximum Gasteiger partial charge on any atom is 0.222 e. The molecule has 0 aliphatic carbocycles. The molecule has 2 saturated heterocycles. The molecule has 2 fully saturated rings. The van der Waals surface area contributed by atoms with E-state index in [0.29, 0.717) is 24.3 Å². The average Bonchev–Trinajstić information content (AvgIpc) is 3.33. The summed E-state index contributed by atoms with van der Waals surface area (Å²) in [6.45, 7) is 5.40. The van der Waals surface area contributed by atoms with E-state index in [2.05, 4.69) is 46.2 Å². The average molecular weight is 424 g/mol. The number of likely N-dealkylation sites (tertiary alicyclic amines) is 2. The van der Waals surface area contributed by atoms with Gasteiger partial charge in [0, 0.05) is 45.0 Å². The first-order chi connectivity index (χ1) is 15.1. The van der Waals surface area contributed by atoms with Crippen molar-refractivity contribution >= 4 is 5.91 Å². The predicted octanol–water partition coefficient (Wildman–Crippen LogP) is 3.42. The molecule has 4 rings (SSSR count). The van der Waals surface area contributed by atoms with Crippen LogP contribution in [0.5, 0.6) is 0 Å². The highest BCUT2D eigenvalue weighted by Crippen LogP contribution is 2.24. The second kappa shape index (κ2) is 10.4. The Labute approximate surface area is 186 Å². The van der Waals surface area contributed by atoms with Crippen LogP contribution >= 0.6 is 0 Å². The van der Waals surface area contributed by atoms with Gasteiger partial charge in [0.2, 0.25) is 5.91 Å². The smallest absolute Gasteiger partial charge is 0.222 e. The third kappa shape index (κ3) is 5.95. The van der Waals surface area contributed by atoms with Crippen LogP contribution in [0, 0.1) is 5.92 Å². The van der Waals surface area contributed by atoms with Crippen LogP contribution in [0.1, 0.15) is 44.1 Å². The van der Waals surface area contributed by atoms with Crippen LogP contribution in [0.2, 0.25) is 0 Å². The first kappa shape index (κ1) is 22.0. The Kier molecular flexibility index (Phi) is 7.41. The van der Waals surface area contributed by atoms with Crippen LogP contribution in [0.3, 0.4) is 0 Å². The Morgan fingerprint density at radius 3 is 2.77 bits per heavy atom. The van der Waals surface area contributed by atoms with Crippen molar-refractivity contribution in [2.45, 2.75) is 51.1 Å². The number of benzene rings is 1. The monoisotopic (exact) mass is 423 g/mol. The normalized spacial score (nSPS) is 21.3. The van der Waals surface area contributed by atoms with Gasteiger partial charge in [-0.25, -0.2) is 4.68 Å². The molecule has 0 unspecified atom stereocenters. The molecule has 168 valence electrons. The van der Waals surface area contributed by atoms with Gasteiger partial charge in [0.25, 0.3) is 0 Å². The SMILES string of the molecule is CN1CCC(N(C)C(=O)CC[C@H]2CCCN(Cc3cccc(-n4cccn4)c3)C2)CC1. The van der Waals surface area contributed by atoms with Crippen molar-refractivity contribution in [3.63, 3.8) is 0 Å². The van der Waals surface area contributed by atoms with Gasteiger partial charge >= 0.3 is 0 Å². The maximum atomic E-state index is 12.8. The summed E-state index contributed by atoms with van der Waals surface area (Å²) in [6.07, 6.45) is 10.2. The van der Waals surface area contributed by atoms with Crippen molar-refractivity contribution in [3.05, 3.63) is 48.3 Å². The van der Waals surface area contributed by atoms with Crippen molar-refractivity contribution in [1.29, 1.82) is 0 Å². The number of amides is 1. The lowest BCUT2D eigenvalue weighted by Crippen LogP contribution is -2.44. The molecular formula is C25H37N5O. The molecule has 1 aromatic heterocycles. The summed E-state index contributed by atoms with van der Waals surface area (Å²) in [5.41, 5.74) is 2.44. The number of carbonyl (C=O) groups is 1. The zero-order valence-corrected chi connectivity index (χ0v) is 19.1. The fourth-order valence-corrected chi connectivity index (χ4v) is 5.10. The molecule has 2 aliphatic rings. The summed E-state index contributed by atoms with van der Waals surface area (Å²) in [5, 5.41) is 4.34. The van der Waals surface area contributed by atoms with E-state index in [4.69, 9.17) is 0 Å². The van der Waals surface area contributed by atoms with Crippen LogP contribution in [0.4, 0.5) is 0 Å². The van der Waals surface area contributed by atoms with Crippen molar-refractivity contribution < 1.29 is 4.79 Å². The molecule has 1 aromatic carbocycles. The summed E-state index contributed by atoms with van der Waals surface area (Å²) in [6, 6.07) is 11.0. The van der Waals surface area contributed by atoms with Gasteiger partial charge in [-0.1, -0.05) is 12.1 Å². The van der Waals surface area contributed by atoms with E-state index in [1.165, 1.54) is 18.4 Å². The Morgan fingerprint density at radius 2 is 2.00 bits per heavy atom. The van der Waals surface area contributed by atoms with Gasteiger partial charge < -0.3 is 9.80 Å². The second-order valence-corrected chi connectivity index (χ2v) is 9.44. The highest BCUT2D eigenvalue weighted by atomic mass is 16.2. The molecular weight excluding hydrogens is 386 g/mol. The van der Waals surface area contributed by atoms with Crippen LogP contribution in [-0.2, 0) is 11.3 Å². The first-order valence-corrected chi connectivity index (χ1v) is 11.8. The number of carbonyl (C=O) groups excluding carboxylic acids is 1. The van der Waals surface area contributed by atoms with E-state index in [1.807, 2.05) is 35.1 Å². The summed E-state index contributed by atoms with van der Waals surface area (Å²) in [7, 11) is 4.18. The topological polar surface area (TPSA) is 44.6 Å². The third-order valence-electron chi connectivity index (χ3n) is 7.08. The lowest BCUT2D eigenvalue weighted by atomic mass is 9.92. The van der Waals surface area contributed by atoms with Crippen molar-refractivity contribution in [2.24, 2.45) is 5.92 Å². The molecule has 2 aliphatic heterocycles. The summed E-state index contributed by atoms with van der Waals surface area (Å²) in [5.74, 6) is 0.955. The Balaban J connectivity index is 1.25. The minimum atomic E-state index is 0.332. The Bertz CT molecular complexity index is 828. The number of rotatable bonds is 7. The van der Waals surface area contributed by atoms with E-state index >= 15 is 0 Å². The minimum absolute atomic E-state index is 0.332. The number of hydrogen-bond acceptors (Lipinski definition) is 4. The molecule has 2 aromatic rings. The summed E-state index contributed by atoms with van der Waals surface area (Å²) in [4.78, 5) is 19.7. The van der Waals surface area contributed by atoms with E-state index in [9.17, 15) is 4.79 Å². The number of nitrogens with zero attached hydrogens (tertiary/aromatic N) is 5. The van der Waals surface area contributed by atoms with Crippen LogP contribution < -0.4 is 0 Å². The molecule has 1 amide bonds. The van der Waals surface area contributed by atoms with E-state index in [1.54, 1.807) is 0 Å². The van der Waals surface area contributed by atoms with Gasteiger partial charge in [0.05, 0.1) is 5.69 Å². The molecule has 0 saturated carbocycles. The molecule has 6 nitrogen and oxygen atoms in total. The lowest BCUT2D eigenvalue weighted by Gasteiger charge is -2.36. The second-order valence-electron chi connectivity index (χ2n) is 9.44. The van der Waals surface area contributed by atoms with Crippen molar-refractivity contribution in [3.8, 4) is 5.69 Å². The van der Waals surface area contributed by atoms with Gasteiger partial charge in [-0.05, 0) is 88.5 Å². The Hall–Kier alpha value is -2.18. The first-order valence-electron chi connectivity index (χ1n) is 11.8. The molecule has 0 radical (unpaired) electrons. The summed E-state index contributed by atoms with van der Waals surface area (Å²) < 4.78 is 1.91. The number of piperidine rings is 2. The lowest BCUT2D eigenvalue weighted by molar-refractivity contribution is -0.133. The molecule has 1 atom stereocenters. The molecule has 0 bridgehead atoms. The fraction of sp³-hybridized carbons (Fsp3) is 0.600. The van der Waals surface area contributed by atoms with Crippen molar-refractivity contribution in [1.82, 2.24) is 24.5 Å². The van der Waals surface area contributed by atoms with Gasteiger partial charge in [-0.2, -0.15) is 5.10 Å². The maximum absolute atomic E-state index is 12.8. The highest BCUT2D eigenvalue weighted by molar-refractivity contribution is 5.76. The van der Waals surface area contributed by atoms with Gasteiger partial charge in [0.1, 0.15) is 0 Å². The van der Waals surface area contributed by atoms with Crippen molar-refractivity contribution in [2.75, 3.05) is 40.3 Å². The molecule has 31 heavy (non-hydrogen) atoms. The van der Waals surface area contributed by atoms with Gasteiger partial charge in [-0.15, -0.1) is 0 Å². The van der Waals surface area contributed by atoms with Gasteiger partial charge in [0.15, 0.2) is 0 Å². The van der Waals surface area contributed by atoms with Crippen LogP contribution in [-0.4, -0.2) is 76.7 Å². The quantitative estimate of drug-likeness (QED) is 0.685. The molecule has 6 heteroatoms. The molecule has 3 heterocycles. The highest BCUT2D eigenvalue weighted by Gasteiger charge is 2.25. The number of aromatic nitrogens is 2. The molecule has 0 spiro atoms. The van der Waals surface area contributed by atoms with E-state index in [-0.39, 0.29) is 0 Å². The molecule has 0 N–H and O–H groups in total.